The van der Waals surface area contributed by atoms with E-state index < -0.39 is 18.4 Å². The van der Waals surface area contributed by atoms with Gasteiger partial charge in [-0.05, 0) is 0 Å². The second-order valence-electron chi connectivity index (χ2n) is 9.71. The van der Waals surface area contributed by atoms with Crippen molar-refractivity contribution in [2.75, 3.05) is 0 Å². The van der Waals surface area contributed by atoms with Gasteiger partial charge in [-0.25, -0.2) is 0 Å². The van der Waals surface area contributed by atoms with Gasteiger partial charge in [-0.3, -0.25) is 0 Å². The molecule has 0 aromatic heterocycles. The molecule has 0 bridgehead atoms. The molecular formula is C25H52OSn. The molecule has 0 saturated heterocycles. The summed E-state index contributed by atoms with van der Waals surface area (Å²) < 4.78 is 5.77. The molecule has 1 aliphatic rings. The molecule has 0 aromatic carbocycles. The zero-order valence-corrected chi connectivity index (χ0v) is 22.3. The molecule has 0 aromatic rings. The predicted octanol–water partition coefficient (Wildman–Crippen LogP) is 8.73. The Labute approximate surface area is 176 Å². The Kier molecular flexibility index (Phi) is 14.9. The molecule has 1 rings (SSSR count). The van der Waals surface area contributed by atoms with Crippen LogP contribution in [-0.2, 0) is 0 Å². The van der Waals surface area contributed by atoms with E-state index in [0.717, 1.165) is 3.93 Å². The molecule has 1 fully saturated rings. The van der Waals surface area contributed by atoms with Gasteiger partial charge >= 0.3 is 177 Å². The fourth-order valence-corrected chi connectivity index (χ4v) is 24.8. The van der Waals surface area contributed by atoms with E-state index in [1.54, 1.807) is 13.3 Å². The molecule has 0 spiro atoms. The van der Waals surface area contributed by atoms with E-state index in [-0.39, 0.29) is 6.10 Å². The van der Waals surface area contributed by atoms with E-state index in [0.29, 0.717) is 5.92 Å². The van der Waals surface area contributed by atoms with Crippen molar-refractivity contribution in [3.05, 3.63) is 0 Å². The van der Waals surface area contributed by atoms with E-state index >= 15 is 0 Å². The summed E-state index contributed by atoms with van der Waals surface area (Å²) in [4.78, 5) is 0. The van der Waals surface area contributed by atoms with Gasteiger partial charge in [0.25, 0.3) is 0 Å². The Hall–Kier alpha value is 0.759. The molecule has 0 unspecified atom stereocenters. The molecule has 2 heteroatoms. The topological polar surface area (TPSA) is 20.2 Å². The van der Waals surface area contributed by atoms with Gasteiger partial charge in [-0.2, -0.15) is 0 Å². The summed E-state index contributed by atoms with van der Waals surface area (Å²) in [6, 6.07) is 0. The van der Waals surface area contributed by atoms with Gasteiger partial charge in [0.2, 0.25) is 0 Å². The first-order valence-corrected chi connectivity index (χ1v) is 20.5. The van der Waals surface area contributed by atoms with Crippen LogP contribution in [0.3, 0.4) is 0 Å². The number of aliphatic hydroxyl groups is 1. The van der Waals surface area contributed by atoms with Crippen LogP contribution >= 0.6 is 0 Å². The van der Waals surface area contributed by atoms with Crippen molar-refractivity contribution in [3.63, 3.8) is 0 Å². The molecule has 162 valence electrons. The molecule has 0 heterocycles. The average molecular weight is 487 g/mol. The van der Waals surface area contributed by atoms with Crippen LogP contribution in [-0.4, -0.2) is 29.6 Å². The molecule has 0 amide bonds. The Morgan fingerprint density at radius 2 is 1.22 bits per heavy atom. The van der Waals surface area contributed by atoms with E-state index in [1.165, 1.54) is 96.3 Å². The fraction of sp³-hybridized carbons (Fsp3) is 1.00. The second-order valence-corrected chi connectivity index (χ2v) is 24.1. The van der Waals surface area contributed by atoms with Gasteiger partial charge in [0.15, 0.2) is 0 Å². The van der Waals surface area contributed by atoms with E-state index in [4.69, 9.17) is 0 Å². The number of aliphatic hydroxyl groups excluding tert-OH is 1. The summed E-state index contributed by atoms with van der Waals surface area (Å²) in [5, 5.41) is 11.2. The van der Waals surface area contributed by atoms with E-state index in [2.05, 4.69) is 27.7 Å². The van der Waals surface area contributed by atoms with Crippen LogP contribution in [0.25, 0.3) is 0 Å². The first kappa shape index (κ1) is 25.8. The van der Waals surface area contributed by atoms with Crippen molar-refractivity contribution in [3.8, 4) is 0 Å². The van der Waals surface area contributed by atoms with Crippen LogP contribution < -0.4 is 0 Å². The van der Waals surface area contributed by atoms with Gasteiger partial charge in [-0.15, -0.1) is 0 Å². The number of unbranched alkanes of at least 4 members (excludes halogenated alkanes) is 4. The average Bonchev–Trinajstić information content (AvgIpc) is 2.71. The van der Waals surface area contributed by atoms with E-state index in [1.807, 2.05) is 0 Å². The van der Waals surface area contributed by atoms with Gasteiger partial charge in [0.1, 0.15) is 0 Å². The monoisotopic (exact) mass is 488 g/mol. The van der Waals surface area contributed by atoms with Gasteiger partial charge in [0.05, 0.1) is 0 Å². The molecule has 1 saturated carbocycles. The molecule has 0 radical (unpaired) electrons. The molecular weight excluding hydrogens is 435 g/mol. The van der Waals surface area contributed by atoms with Crippen molar-refractivity contribution >= 4 is 18.4 Å². The third-order valence-electron chi connectivity index (χ3n) is 7.58. The third kappa shape index (κ3) is 9.41. The standard InChI is InChI=1S/C13H25O.3C4H9.Sn/c1-2-3-4-8-11-13(14)12-9-6-5-7-10-12;3*1-3-4-2;/h8,12-14H,2-7,9-11H2,1H3;3*1,3-4H2,2H3;/t13-;;;;/m0..../s1. The molecule has 0 aliphatic heterocycles. The Balaban J connectivity index is 2.97. The van der Waals surface area contributed by atoms with Crippen LogP contribution in [0.2, 0.25) is 17.2 Å². The molecule has 1 nitrogen and oxygen atoms in total. The normalized spacial score (nSPS) is 18.6. The van der Waals surface area contributed by atoms with Gasteiger partial charge in [-0.1, -0.05) is 0 Å². The first-order valence-electron chi connectivity index (χ1n) is 12.8. The van der Waals surface area contributed by atoms with Crippen LogP contribution in [0.5, 0.6) is 0 Å². The summed E-state index contributed by atoms with van der Waals surface area (Å²) in [6.07, 6.45) is 20.5. The zero-order valence-electron chi connectivity index (χ0n) is 19.4. The summed E-state index contributed by atoms with van der Waals surface area (Å²) in [7, 11) is 0. The SMILES string of the molecule is CCCC[C@@H](C[C@H](O)C1CCCCC1)[Sn]([CH2]CCC)([CH2]CCC)[CH2]CCC. The maximum atomic E-state index is 11.2. The van der Waals surface area contributed by atoms with Crippen molar-refractivity contribution in [2.24, 2.45) is 5.92 Å². The minimum atomic E-state index is -2.24. The van der Waals surface area contributed by atoms with Crippen LogP contribution in [0, 0.1) is 5.92 Å². The van der Waals surface area contributed by atoms with Gasteiger partial charge < -0.3 is 0 Å². The number of hydrogen-bond acceptors (Lipinski definition) is 1. The van der Waals surface area contributed by atoms with Crippen LogP contribution in [0.1, 0.15) is 124 Å². The summed E-state index contributed by atoms with van der Waals surface area (Å²) in [5.41, 5.74) is 0. The van der Waals surface area contributed by atoms with Crippen molar-refractivity contribution in [1.82, 2.24) is 0 Å². The first-order chi connectivity index (χ1) is 13.1. The van der Waals surface area contributed by atoms with Crippen molar-refractivity contribution < 1.29 is 5.11 Å². The van der Waals surface area contributed by atoms with Gasteiger partial charge in [0, 0.05) is 0 Å². The quantitative estimate of drug-likeness (QED) is 0.216. The number of rotatable bonds is 16. The third-order valence-corrected chi connectivity index (χ3v) is 25.6. The molecule has 1 N–H and O–H groups in total. The van der Waals surface area contributed by atoms with Crippen LogP contribution in [0.15, 0.2) is 0 Å². The molecule has 2 atom stereocenters. The summed E-state index contributed by atoms with van der Waals surface area (Å²) in [6.45, 7) is 9.51. The fourth-order valence-electron chi connectivity index (χ4n) is 5.70. The van der Waals surface area contributed by atoms with E-state index in [9.17, 15) is 5.11 Å². The summed E-state index contributed by atoms with van der Waals surface area (Å²) >= 11 is -2.24. The Bertz CT molecular complexity index is 315. The van der Waals surface area contributed by atoms with Crippen molar-refractivity contribution in [2.45, 2.75) is 147 Å². The molecule has 27 heavy (non-hydrogen) atoms. The Morgan fingerprint density at radius 1 is 0.741 bits per heavy atom. The number of hydrogen-bond donors (Lipinski definition) is 1. The summed E-state index contributed by atoms with van der Waals surface area (Å²) in [5.74, 6) is 0.621. The zero-order chi connectivity index (χ0) is 20.0. The van der Waals surface area contributed by atoms with Crippen LogP contribution in [0.4, 0.5) is 0 Å². The van der Waals surface area contributed by atoms with Crippen molar-refractivity contribution in [1.29, 1.82) is 0 Å². The molecule has 1 aliphatic carbocycles. The Morgan fingerprint density at radius 3 is 1.67 bits per heavy atom. The predicted molar refractivity (Wildman–Crippen MR) is 125 cm³/mol. The second kappa shape index (κ2) is 15.6. The minimum absolute atomic E-state index is 0.00751. The maximum absolute atomic E-state index is 11.2.